The first kappa shape index (κ1) is 24.1. The van der Waals surface area contributed by atoms with Crippen molar-refractivity contribution in [2.75, 3.05) is 12.4 Å². The van der Waals surface area contributed by atoms with E-state index in [0.717, 1.165) is 22.4 Å². The number of benzene rings is 4. The monoisotopic (exact) mass is 491 g/mol. The molecule has 1 heterocycles. The Hall–Kier alpha value is -4.58. The van der Waals surface area contributed by atoms with Crippen LogP contribution < -0.4 is 14.8 Å². The first-order valence-electron chi connectivity index (χ1n) is 12.2. The van der Waals surface area contributed by atoms with Crippen molar-refractivity contribution in [3.63, 3.8) is 0 Å². The number of ether oxygens (including phenoxy) is 2. The summed E-state index contributed by atoms with van der Waals surface area (Å²) < 4.78 is 13.4. The fourth-order valence-corrected chi connectivity index (χ4v) is 4.36. The van der Waals surface area contributed by atoms with Gasteiger partial charge in [0.2, 0.25) is 0 Å². The van der Waals surface area contributed by atoms with E-state index in [-0.39, 0.29) is 12.5 Å². The number of nitrogens with zero attached hydrogens (tertiary/aromatic N) is 2. The summed E-state index contributed by atoms with van der Waals surface area (Å²) in [7, 11) is 1.61. The highest BCUT2D eigenvalue weighted by atomic mass is 16.5. The number of carbonyl (C=O) groups excluding carboxylic acids is 1. The minimum absolute atomic E-state index is 0.244. The Balaban J connectivity index is 1.29. The summed E-state index contributed by atoms with van der Waals surface area (Å²) in [6.45, 7) is 4.93. The summed E-state index contributed by atoms with van der Waals surface area (Å²) in [5.41, 5.74) is 4.64. The first-order chi connectivity index (χ1) is 18.0. The molecule has 1 aromatic heterocycles. The topological polar surface area (TPSA) is 65.4 Å². The number of anilines is 1. The molecule has 4 aromatic carbocycles. The zero-order valence-corrected chi connectivity index (χ0v) is 21.2. The lowest BCUT2D eigenvalue weighted by atomic mass is 10.0. The molecule has 0 aliphatic rings. The van der Waals surface area contributed by atoms with Crippen LogP contribution >= 0.6 is 0 Å². The average molecular weight is 492 g/mol. The normalized spacial score (nSPS) is 10.9. The molecule has 0 radical (unpaired) electrons. The maximum absolute atomic E-state index is 13.0. The van der Waals surface area contributed by atoms with E-state index in [0.29, 0.717) is 23.7 Å². The standard InChI is InChI=1S/C31H29N3O3/c1-21-11-12-22(2)29(17-21)37-20-26-18-24(13-14-28(26)36-3)31(35)32-30-15-16-34(33-30)19-25-9-6-8-23-7-4-5-10-27(23)25/h4-18H,19-20H2,1-3H3,(H,32,33,35). The Kier molecular flexibility index (Phi) is 6.90. The van der Waals surface area contributed by atoms with E-state index in [1.54, 1.807) is 31.4 Å². The van der Waals surface area contributed by atoms with E-state index in [4.69, 9.17) is 9.47 Å². The van der Waals surface area contributed by atoms with Gasteiger partial charge in [-0.3, -0.25) is 9.48 Å². The van der Waals surface area contributed by atoms with E-state index < -0.39 is 0 Å². The number of fused-ring (bicyclic) bond motifs is 1. The van der Waals surface area contributed by atoms with Crippen molar-refractivity contribution >= 4 is 22.5 Å². The number of carbonyl (C=O) groups is 1. The van der Waals surface area contributed by atoms with Gasteiger partial charge in [-0.25, -0.2) is 0 Å². The zero-order chi connectivity index (χ0) is 25.8. The Morgan fingerprint density at radius 3 is 2.59 bits per heavy atom. The van der Waals surface area contributed by atoms with Gasteiger partial charge in [-0.05, 0) is 65.6 Å². The minimum Gasteiger partial charge on any atom is -0.496 e. The zero-order valence-electron chi connectivity index (χ0n) is 21.2. The second-order valence-electron chi connectivity index (χ2n) is 9.08. The van der Waals surface area contributed by atoms with Crippen molar-refractivity contribution in [2.45, 2.75) is 27.0 Å². The Morgan fingerprint density at radius 1 is 0.892 bits per heavy atom. The average Bonchev–Trinajstić information content (AvgIpc) is 3.35. The highest BCUT2D eigenvalue weighted by molar-refractivity contribution is 6.04. The molecule has 0 spiro atoms. The SMILES string of the molecule is COc1ccc(C(=O)Nc2ccn(Cc3cccc4ccccc34)n2)cc1COc1cc(C)ccc1C. The van der Waals surface area contributed by atoms with Crippen molar-refractivity contribution in [2.24, 2.45) is 0 Å². The maximum atomic E-state index is 13.0. The summed E-state index contributed by atoms with van der Waals surface area (Å²) >= 11 is 0. The molecule has 1 amide bonds. The lowest BCUT2D eigenvalue weighted by molar-refractivity contribution is 0.102. The molecule has 1 N–H and O–H groups in total. The van der Waals surface area contributed by atoms with Crippen LogP contribution in [-0.4, -0.2) is 22.8 Å². The van der Waals surface area contributed by atoms with Gasteiger partial charge in [-0.15, -0.1) is 0 Å². The fourth-order valence-electron chi connectivity index (χ4n) is 4.36. The van der Waals surface area contributed by atoms with Crippen LogP contribution in [0.5, 0.6) is 11.5 Å². The van der Waals surface area contributed by atoms with Crippen LogP contribution in [0.3, 0.4) is 0 Å². The highest BCUT2D eigenvalue weighted by Crippen LogP contribution is 2.25. The lowest BCUT2D eigenvalue weighted by Crippen LogP contribution is -2.14. The highest BCUT2D eigenvalue weighted by Gasteiger charge is 2.13. The maximum Gasteiger partial charge on any atom is 0.256 e. The summed E-state index contributed by atoms with van der Waals surface area (Å²) in [5.74, 6) is 1.73. The molecule has 0 aliphatic heterocycles. The van der Waals surface area contributed by atoms with E-state index in [1.165, 1.54) is 16.3 Å². The molecular formula is C31H29N3O3. The van der Waals surface area contributed by atoms with Crippen LogP contribution in [-0.2, 0) is 13.2 Å². The van der Waals surface area contributed by atoms with Crippen LogP contribution in [0.15, 0.2) is 91.1 Å². The number of methoxy groups -OCH3 is 1. The van der Waals surface area contributed by atoms with Crippen LogP contribution in [0, 0.1) is 13.8 Å². The molecule has 6 nitrogen and oxygen atoms in total. The van der Waals surface area contributed by atoms with Gasteiger partial charge in [0.15, 0.2) is 5.82 Å². The number of nitrogens with one attached hydrogen (secondary N) is 1. The number of aryl methyl sites for hydroxylation is 2. The third kappa shape index (κ3) is 5.48. The minimum atomic E-state index is -0.244. The van der Waals surface area contributed by atoms with Crippen molar-refractivity contribution in [1.82, 2.24) is 9.78 Å². The summed E-state index contributed by atoms with van der Waals surface area (Å²) in [6, 6.07) is 27.8. The van der Waals surface area contributed by atoms with E-state index in [1.807, 2.05) is 49.0 Å². The molecule has 0 bridgehead atoms. The predicted octanol–water partition coefficient (Wildman–Crippen LogP) is 6.54. The Bertz CT molecular complexity index is 1570. The second kappa shape index (κ2) is 10.6. The predicted molar refractivity (Wildman–Crippen MR) is 146 cm³/mol. The molecule has 0 aliphatic carbocycles. The smallest absolute Gasteiger partial charge is 0.256 e. The molecule has 5 rings (SSSR count). The van der Waals surface area contributed by atoms with Crippen LogP contribution in [0.1, 0.15) is 32.6 Å². The molecule has 0 atom stereocenters. The molecule has 5 aromatic rings. The Labute approximate surface area is 216 Å². The molecule has 6 heteroatoms. The molecule has 0 fully saturated rings. The van der Waals surface area contributed by atoms with Gasteiger partial charge in [0.1, 0.15) is 18.1 Å². The van der Waals surface area contributed by atoms with Gasteiger partial charge in [0.05, 0.1) is 13.7 Å². The number of hydrogen-bond acceptors (Lipinski definition) is 4. The van der Waals surface area contributed by atoms with Gasteiger partial charge in [-0.2, -0.15) is 5.10 Å². The lowest BCUT2D eigenvalue weighted by Gasteiger charge is -2.14. The third-order valence-electron chi connectivity index (χ3n) is 6.36. The molecule has 0 unspecified atom stereocenters. The van der Waals surface area contributed by atoms with Gasteiger partial charge in [-0.1, -0.05) is 54.6 Å². The quantitative estimate of drug-likeness (QED) is 0.268. The van der Waals surface area contributed by atoms with Crippen LogP contribution in [0.4, 0.5) is 5.82 Å². The fraction of sp³-hybridized carbons (Fsp3) is 0.161. The number of aromatic nitrogens is 2. The summed E-state index contributed by atoms with van der Waals surface area (Å²) in [4.78, 5) is 13.0. The van der Waals surface area contributed by atoms with Crippen molar-refractivity contribution in [3.8, 4) is 11.5 Å². The summed E-state index contributed by atoms with van der Waals surface area (Å²) in [5, 5.41) is 9.85. The molecule has 0 saturated heterocycles. The second-order valence-corrected chi connectivity index (χ2v) is 9.08. The van der Waals surface area contributed by atoms with Crippen LogP contribution in [0.25, 0.3) is 10.8 Å². The largest absolute Gasteiger partial charge is 0.496 e. The number of hydrogen-bond donors (Lipinski definition) is 1. The molecule has 37 heavy (non-hydrogen) atoms. The van der Waals surface area contributed by atoms with Gasteiger partial charge < -0.3 is 14.8 Å². The van der Waals surface area contributed by atoms with E-state index in [9.17, 15) is 4.79 Å². The molecule has 186 valence electrons. The molecular weight excluding hydrogens is 462 g/mol. The number of rotatable bonds is 8. The molecule has 0 saturated carbocycles. The first-order valence-corrected chi connectivity index (χ1v) is 12.2. The van der Waals surface area contributed by atoms with E-state index in [2.05, 4.69) is 46.8 Å². The van der Waals surface area contributed by atoms with Gasteiger partial charge in [0.25, 0.3) is 5.91 Å². The van der Waals surface area contributed by atoms with Crippen molar-refractivity contribution in [3.05, 3.63) is 119 Å². The Morgan fingerprint density at radius 2 is 1.73 bits per heavy atom. The number of amides is 1. The van der Waals surface area contributed by atoms with E-state index >= 15 is 0 Å². The third-order valence-corrected chi connectivity index (χ3v) is 6.36. The summed E-state index contributed by atoms with van der Waals surface area (Å²) in [6.07, 6.45) is 1.87. The van der Waals surface area contributed by atoms with Gasteiger partial charge >= 0.3 is 0 Å². The van der Waals surface area contributed by atoms with Crippen molar-refractivity contribution < 1.29 is 14.3 Å². The van der Waals surface area contributed by atoms with Crippen LogP contribution in [0.2, 0.25) is 0 Å². The van der Waals surface area contributed by atoms with Gasteiger partial charge in [0, 0.05) is 23.4 Å². The van der Waals surface area contributed by atoms with Crippen molar-refractivity contribution in [1.29, 1.82) is 0 Å².